The molecule has 0 aliphatic carbocycles. The molecule has 1 unspecified atom stereocenters. The summed E-state index contributed by atoms with van der Waals surface area (Å²) in [5.74, 6) is 2.11. The van der Waals surface area contributed by atoms with Gasteiger partial charge in [0, 0.05) is 31.1 Å². The Morgan fingerprint density at radius 1 is 1.45 bits per heavy atom. The summed E-state index contributed by atoms with van der Waals surface area (Å²) < 4.78 is 2.22. The van der Waals surface area contributed by atoms with Crippen LogP contribution in [0.4, 0.5) is 0 Å². The summed E-state index contributed by atoms with van der Waals surface area (Å²) in [6, 6.07) is 4.64. The van der Waals surface area contributed by atoms with Crippen LogP contribution in [0.1, 0.15) is 23.6 Å². The molecule has 0 spiro atoms. The van der Waals surface area contributed by atoms with Crippen molar-refractivity contribution in [3.8, 4) is 10.6 Å². The highest BCUT2D eigenvalue weighted by atomic mass is 32.1. The number of hydrogen-bond acceptors (Lipinski definition) is 5. The molecule has 114 valence electrons. The molecule has 6 nitrogen and oxygen atoms in total. The van der Waals surface area contributed by atoms with Crippen LogP contribution in [0.2, 0.25) is 0 Å². The number of nitrogens with zero attached hydrogens (tertiary/aromatic N) is 4. The first-order valence-corrected chi connectivity index (χ1v) is 8.37. The highest BCUT2D eigenvalue weighted by Crippen LogP contribution is 2.26. The number of aromatic nitrogens is 5. The summed E-state index contributed by atoms with van der Waals surface area (Å²) in [6.07, 6.45) is 4.01. The van der Waals surface area contributed by atoms with Crippen molar-refractivity contribution in [2.24, 2.45) is 0 Å². The fraction of sp³-hybridized carbons (Fsp3) is 0.400. The van der Waals surface area contributed by atoms with Gasteiger partial charge in [-0.15, -0.1) is 21.5 Å². The van der Waals surface area contributed by atoms with E-state index in [1.807, 2.05) is 13.1 Å². The normalized spacial score (nSPS) is 17.6. The van der Waals surface area contributed by atoms with E-state index in [2.05, 4.69) is 47.8 Å². The molecule has 0 amide bonds. The third kappa shape index (κ3) is 2.46. The Kier molecular flexibility index (Phi) is 3.51. The van der Waals surface area contributed by atoms with Crippen molar-refractivity contribution in [1.82, 2.24) is 30.3 Å². The fourth-order valence-electron chi connectivity index (χ4n) is 2.96. The Morgan fingerprint density at radius 3 is 3.27 bits per heavy atom. The van der Waals surface area contributed by atoms with Crippen LogP contribution in [0.3, 0.4) is 0 Å². The quantitative estimate of drug-likeness (QED) is 0.774. The molecular weight excluding hydrogens is 296 g/mol. The summed E-state index contributed by atoms with van der Waals surface area (Å²) in [5, 5.41) is 21.4. The van der Waals surface area contributed by atoms with Crippen molar-refractivity contribution >= 4 is 11.3 Å². The molecular formula is C15H18N6S. The minimum absolute atomic E-state index is 0.452. The minimum atomic E-state index is 0.452. The van der Waals surface area contributed by atoms with Crippen molar-refractivity contribution in [2.75, 3.05) is 0 Å². The van der Waals surface area contributed by atoms with Crippen molar-refractivity contribution in [3.05, 3.63) is 40.9 Å². The van der Waals surface area contributed by atoms with Gasteiger partial charge in [-0.3, -0.25) is 5.10 Å². The summed E-state index contributed by atoms with van der Waals surface area (Å²) >= 11 is 1.73. The van der Waals surface area contributed by atoms with Gasteiger partial charge in [-0.25, -0.2) is 0 Å². The Balaban J connectivity index is 1.44. The van der Waals surface area contributed by atoms with Crippen LogP contribution >= 0.6 is 11.3 Å². The number of aryl methyl sites for hydroxylation is 2. The largest absolute Gasteiger partial charge is 0.314 e. The minimum Gasteiger partial charge on any atom is -0.314 e. The third-order valence-electron chi connectivity index (χ3n) is 4.20. The van der Waals surface area contributed by atoms with Gasteiger partial charge in [0.25, 0.3) is 0 Å². The molecule has 0 bridgehead atoms. The topological polar surface area (TPSA) is 71.4 Å². The van der Waals surface area contributed by atoms with Gasteiger partial charge in [-0.2, -0.15) is 5.10 Å². The average molecular weight is 314 g/mol. The second-order valence-electron chi connectivity index (χ2n) is 5.64. The van der Waals surface area contributed by atoms with Crippen LogP contribution in [-0.4, -0.2) is 31.0 Å². The molecule has 1 atom stereocenters. The van der Waals surface area contributed by atoms with Gasteiger partial charge in [-0.05, 0) is 24.8 Å². The molecule has 3 aromatic heterocycles. The lowest BCUT2D eigenvalue weighted by Gasteiger charge is -2.25. The Labute approximate surface area is 132 Å². The lowest BCUT2D eigenvalue weighted by atomic mass is 10.1. The molecule has 22 heavy (non-hydrogen) atoms. The van der Waals surface area contributed by atoms with Gasteiger partial charge in [0.1, 0.15) is 11.6 Å². The smallest absolute Gasteiger partial charge is 0.133 e. The van der Waals surface area contributed by atoms with Gasteiger partial charge in [0.05, 0.1) is 16.8 Å². The van der Waals surface area contributed by atoms with Crippen LogP contribution in [-0.2, 0) is 19.5 Å². The first kappa shape index (κ1) is 13.7. The van der Waals surface area contributed by atoms with E-state index in [-0.39, 0.29) is 0 Å². The zero-order chi connectivity index (χ0) is 14.9. The first-order valence-electron chi connectivity index (χ1n) is 7.49. The van der Waals surface area contributed by atoms with Crippen LogP contribution in [0.25, 0.3) is 10.6 Å². The van der Waals surface area contributed by atoms with E-state index in [1.165, 1.54) is 10.4 Å². The van der Waals surface area contributed by atoms with E-state index in [0.29, 0.717) is 6.04 Å². The van der Waals surface area contributed by atoms with E-state index >= 15 is 0 Å². The van der Waals surface area contributed by atoms with Crippen LogP contribution in [0.5, 0.6) is 0 Å². The average Bonchev–Trinajstić information content (AvgIpc) is 3.26. The maximum Gasteiger partial charge on any atom is 0.133 e. The van der Waals surface area contributed by atoms with E-state index in [9.17, 15) is 0 Å². The predicted molar refractivity (Wildman–Crippen MR) is 85.6 cm³/mol. The Hall–Kier alpha value is -1.99. The number of hydrogen-bond donors (Lipinski definition) is 2. The van der Waals surface area contributed by atoms with Crippen LogP contribution < -0.4 is 5.32 Å². The van der Waals surface area contributed by atoms with Gasteiger partial charge in [0.15, 0.2) is 0 Å². The monoisotopic (exact) mass is 314 g/mol. The first-order chi connectivity index (χ1) is 10.8. The third-order valence-corrected chi connectivity index (χ3v) is 5.09. The highest BCUT2D eigenvalue weighted by molar-refractivity contribution is 7.13. The van der Waals surface area contributed by atoms with Crippen LogP contribution in [0, 0.1) is 6.92 Å². The maximum atomic E-state index is 4.22. The molecule has 0 aromatic carbocycles. The Morgan fingerprint density at radius 2 is 2.41 bits per heavy atom. The van der Waals surface area contributed by atoms with Crippen molar-refractivity contribution in [1.29, 1.82) is 0 Å². The second-order valence-corrected chi connectivity index (χ2v) is 6.59. The zero-order valence-electron chi connectivity index (χ0n) is 12.4. The summed E-state index contributed by atoms with van der Waals surface area (Å²) in [7, 11) is 0. The van der Waals surface area contributed by atoms with E-state index in [1.54, 1.807) is 11.3 Å². The number of nitrogens with one attached hydrogen (secondary N) is 2. The maximum absolute atomic E-state index is 4.22. The molecule has 1 aliphatic heterocycles. The zero-order valence-corrected chi connectivity index (χ0v) is 13.2. The standard InChI is InChI=1S/C15H18N6S/c1-10-18-19-14-5-4-12(9-21(10)14)16-7-11-8-17-20-15(11)13-3-2-6-22-13/h2-3,6,8,12,16H,4-5,7,9H2,1H3,(H,17,20). The van der Waals surface area contributed by atoms with Crippen molar-refractivity contribution < 1.29 is 0 Å². The molecule has 0 saturated heterocycles. The van der Waals surface area contributed by atoms with Gasteiger partial charge in [0.2, 0.25) is 0 Å². The van der Waals surface area contributed by atoms with Crippen LogP contribution in [0.15, 0.2) is 23.7 Å². The number of fused-ring (bicyclic) bond motifs is 1. The molecule has 2 N–H and O–H groups in total. The second kappa shape index (κ2) is 5.66. The fourth-order valence-corrected chi connectivity index (χ4v) is 3.72. The molecule has 3 aromatic rings. The van der Waals surface area contributed by atoms with Gasteiger partial charge >= 0.3 is 0 Å². The molecule has 0 radical (unpaired) electrons. The number of H-pyrrole nitrogens is 1. The van der Waals surface area contributed by atoms with Gasteiger partial charge < -0.3 is 9.88 Å². The van der Waals surface area contributed by atoms with E-state index < -0.39 is 0 Å². The molecule has 0 fully saturated rings. The number of aromatic amines is 1. The van der Waals surface area contributed by atoms with Crippen molar-refractivity contribution in [2.45, 2.75) is 38.9 Å². The highest BCUT2D eigenvalue weighted by Gasteiger charge is 2.21. The lowest BCUT2D eigenvalue weighted by molar-refractivity contribution is 0.375. The van der Waals surface area contributed by atoms with E-state index in [0.717, 1.165) is 43.3 Å². The summed E-state index contributed by atoms with van der Waals surface area (Å²) in [4.78, 5) is 1.23. The molecule has 7 heteroatoms. The van der Waals surface area contributed by atoms with Crippen molar-refractivity contribution in [3.63, 3.8) is 0 Å². The molecule has 4 rings (SSSR count). The van der Waals surface area contributed by atoms with E-state index in [4.69, 9.17) is 0 Å². The number of rotatable bonds is 4. The number of thiophene rings is 1. The molecule has 1 aliphatic rings. The summed E-state index contributed by atoms with van der Waals surface area (Å²) in [5.41, 5.74) is 2.34. The lowest BCUT2D eigenvalue weighted by Crippen LogP contribution is -2.37. The summed E-state index contributed by atoms with van der Waals surface area (Å²) in [6.45, 7) is 3.79. The molecule has 0 saturated carbocycles. The SMILES string of the molecule is Cc1nnc2n1CC(NCc1cn[nH]c1-c1cccs1)CC2. The van der Waals surface area contributed by atoms with Gasteiger partial charge in [-0.1, -0.05) is 6.07 Å². The predicted octanol–water partition coefficient (Wildman–Crippen LogP) is 2.14. The molecule has 4 heterocycles. The Bertz CT molecular complexity index is 757.